The second kappa shape index (κ2) is 5.39. The maximum absolute atomic E-state index is 9.01. The first-order valence-electron chi connectivity index (χ1n) is 6.99. The molecule has 0 spiro atoms. The van der Waals surface area contributed by atoms with Gasteiger partial charge >= 0.3 is 0 Å². The van der Waals surface area contributed by atoms with E-state index in [2.05, 4.69) is 22.3 Å². The number of hydrogen-bond acceptors (Lipinski definition) is 3. The van der Waals surface area contributed by atoms with Gasteiger partial charge in [0, 0.05) is 19.1 Å². The first kappa shape index (κ1) is 12.2. The highest BCUT2D eigenvalue weighted by Crippen LogP contribution is 2.27. The fourth-order valence-electron chi connectivity index (χ4n) is 3.23. The molecule has 98 valence electrons. The van der Waals surface area contributed by atoms with Gasteiger partial charge in [-0.1, -0.05) is 24.3 Å². The van der Waals surface area contributed by atoms with Crippen molar-refractivity contribution in [3.63, 3.8) is 0 Å². The Balaban J connectivity index is 1.53. The van der Waals surface area contributed by atoms with Crippen molar-refractivity contribution in [3.8, 4) is 0 Å². The Morgan fingerprint density at radius 2 is 1.83 bits per heavy atom. The summed E-state index contributed by atoms with van der Waals surface area (Å²) in [6.45, 7) is 4.94. The number of aliphatic hydroxyl groups excluding tert-OH is 1. The molecule has 0 radical (unpaired) electrons. The molecule has 0 aliphatic carbocycles. The van der Waals surface area contributed by atoms with E-state index >= 15 is 0 Å². The van der Waals surface area contributed by atoms with Crippen LogP contribution in [0.25, 0.3) is 0 Å². The Labute approximate surface area is 109 Å². The zero-order chi connectivity index (χ0) is 12.4. The highest BCUT2D eigenvalue weighted by Gasteiger charge is 2.33. The van der Waals surface area contributed by atoms with Crippen molar-refractivity contribution < 1.29 is 5.11 Å². The number of hydrogen-bond donors (Lipinski definition) is 2. The van der Waals surface area contributed by atoms with Crippen molar-refractivity contribution >= 4 is 0 Å². The van der Waals surface area contributed by atoms with E-state index in [4.69, 9.17) is 5.11 Å². The minimum atomic E-state index is 0.133. The topological polar surface area (TPSA) is 35.5 Å². The van der Waals surface area contributed by atoms with Crippen LogP contribution >= 0.6 is 0 Å². The molecule has 3 unspecified atom stereocenters. The van der Waals surface area contributed by atoms with Crippen molar-refractivity contribution in [1.82, 2.24) is 10.2 Å². The van der Waals surface area contributed by atoms with Gasteiger partial charge in [-0.25, -0.2) is 0 Å². The third kappa shape index (κ3) is 2.58. The van der Waals surface area contributed by atoms with Gasteiger partial charge in [0.15, 0.2) is 0 Å². The van der Waals surface area contributed by atoms with Crippen LogP contribution in [0.1, 0.15) is 24.0 Å². The van der Waals surface area contributed by atoms with Crippen molar-refractivity contribution in [1.29, 1.82) is 0 Å². The molecule has 1 aromatic rings. The molecule has 2 bridgehead atoms. The number of nitrogens with zero attached hydrogens (tertiary/aromatic N) is 1. The first-order chi connectivity index (χ1) is 8.85. The lowest BCUT2D eigenvalue weighted by atomic mass is 9.94. The van der Waals surface area contributed by atoms with Crippen molar-refractivity contribution in [2.24, 2.45) is 5.92 Å². The van der Waals surface area contributed by atoms with Gasteiger partial charge in [-0.3, -0.25) is 0 Å². The second-order valence-corrected chi connectivity index (χ2v) is 5.60. The lowest BCUT2D eigenvalue weighted by Gasteiger charge is -2.31. The van der Waals surface area contributed by atoms with Gasteiger partial charge in [-0.05, 0) is 43.0 Å². The molecule has 2 fully saturated rings. The van der Waals surface area contributed by atoms with Crippen LogP contribution in [0.3, 0.4) is 0 Å². The third-order valence-corrected chi connectivity index (χ3v) is 4.41. The minimum absolute atomic E-state index is 0.133. The number of aliphatic hydroxyl groups is 1. The molecule has 3 rings (SSSR count). The molecular formula is C15H22N2O. The number of fused-ring (bicyclic) bond motifs is 2. The summed E-state index contributed by atoms with van der Waals surface area (Å²) in [5.41, 5.74) is 2.30. The van der Waals surface area contributed by atoms with E-state index in [-0.39, 0.29) is 6.61 Å². The monoisotopic (exact) mass is 246 g/mol. The number of rotatable bonds is 4. The van der Waals surface area contributed by atoms with Crippen LogP contribution in [0.2, 0.25) is 0 Å². The lowest BCUT2D eigenvalue weighted by Crippen LogP contribution is -2.43. The maximum atomic E-state index is 9.01. The number of nitrogens with one attached hydrogen (secondary N) is 1. The summed E-state index contributed by atoms with van der Waals surface area (Å²) in [6, 6.07) is 8.94. The van der Waals surface area contributed by atoms with Crippen molar-refractivity contribution in [2.75, 3.05) is 19.6 Å². The quantitative estimate of drug-likeness (QED) is 0.842. The summed E-state index contributed by atoms with van der Waals surface area (Å²) in [5, 5.41) is 12.7. The summed E-state index contributed by atoms with van der Waals surface area (Å²) < 4.78 is 0. The van der Waals surface area contributed by atoms with E-state index in [9.17, 15) is 0 Å². The zero-order valence-corrected chi connectivity index (χ0v) is 10.8. The standard InChI is InChI=1S/C15H22N2O/c18-11-13-3-1-12(2-4-13)9-16-15-6-8-17-7-5-14(15)10-17/h1-4,14-16,18H,5-11H2. The Bertz CT molecular complexity index is 390. The van der Waals surface area contributed by atoms with E-state index < -0.39 is 0 Å². The van der Waals surface area contributed by atoms with Gasteiger partial charge in [0.1, 0.15) is 0 Å². The Morgan fingerprint density at radius 1 is 1.11 bits per heavy atom. The van der Waals surface area contributed by atoms with Gasteiger partial charge in [-0.2, -0.15) is 0 Å². The summed E-state index contributed by atoms with van der Waals surface area (Å²) in [7, 11) is 0. The summed E-state index contributed by atoms with van der Waals surface area (Å²) in [4.78, 5) is 2.58. The van der Waals surface area contributed by atoms with E-state index in [1.807, 2.05) is 12.1 Å². The first-order valence-corrected chi connectivity index (χ1v) is 6.99. The van der Waals surface area contributed by atoms with Crippen molar-refractivity contribution in [3.05, 3.63) is 35.4 Å². The van der Waals surface area contributed by atoms with Crippen molar-refractivity contribution in [2.45, 2.75) is 32.0 Å². The molecule has 1 aromatic carbocycles. The lowest BCUT2D eigenvalue weighted by molar-refractivity contribution is 0.220. The molecular weight excluding hydrogens is 224 g/mol. The molecule has 0 aromatic heterocycles. The van der Waals surface area contributed by atoms with Crippen LogP contribution in [-0.4, -0.2) is 35.7 Å². The fraction of sp³-hybridized carbons (Fsp3) is 0.600. The molecule has 0 saturated carbocycles. The predicted octanol–water partition coefficient (Wildman–Crippen LogP) is 1.36. The molecule has 3 nitrogen and oxygen atoms in total. The van der Waals surface area contributed by atoms with Gasteiger partial charge in [-0.15, -0.1) is 0 Å². The largest absolute Gasteiger partial charge is 0.392 e. The Morgan fingerprint density at radius 3 is 2.61 bits per heavy atom. The Kier molecular flexibility index (Phi) is 3.64. The van der Waals surface area contributed by atoms with Crippen LogP contribution in [0.5, 0.6) is 0 Å². The second-order valence-electron chi connectivity index (χ2n) is 5.60. The average Bonchev–Trinajstić information content (AvgIpc) is 2.81. The molecule has 2 saturated heterocycles. The normalized spacial score (nSPS) is 30.6. The predicted molar refractivity (Wildman–Crippen MR) is 72.2 cm³/mol. The van der Waals surface area contributed by atoms with E-state index in [1.165, 1.54) is 38.0 Å². The van der Waals surface area contributed by atoms with E-state index in [0.29, 0.717) is 6.04 Å². The van der Waals surface area contributed by atoms with Crippen LogP contribution in [-0.2, 0) is 13.2 Å². The summed E-state index contributed by atoms with van der Waals surface area (Å²) in [5.74, 6) is 0.857. The molecule has 2 aliphatic rings. The van der Waals surface area contributed by atoms with Gasteiger partial charge in [0.2, 0.25) is 0 Å². The van der Waals surface area contributed by atoms with Gasteiger partial charge in [0.25, 0.3) is 0 Å². The maximum Gasteiger partial charge on any atom is 0.0681 e. The van der Waals surface area contributed by atoms with E-state index in [0.717, 1.165) is 18.0 Å². The Hall–Kier alpha value is -0.900. The zero-order valence-electron chi connectivity index (χ0n) is 10.8. The minimum Gasteiger partial charge on any atom is -0.392 e. The van der Waals surface area contributed by atoms with Crippen LogP contribution < -0.4 is 5.32 Å². The van der Waals surface area contributed by atoms with Crippen LogP contribution in [0.15, 0.2) is 24.3 Å². The average molecular weight is 246 g/mol. The van der Waals surface area contributed by atoms with Gasteiger partial charge in [0.05, 0.1) is 6.61 Å². The van der Waals surface area contributed by atoms with Crippen LogP contribution in [0, 0.1) is 5.92 Å². The molecule has 18 heavy (non-hydrogen) atoms. The summed E-state index contributed by atoms with van der Waals surface area (Å²) >= 11 is 0. The molecule has 2 aliphatic heterocycles. The highest BCUT2D eigenvalue weighted by atomic mass is 16.3. The summed E-state index contributed by atoms with van der Waals surface area (Å²) in [6.07, 6.45) is 2.65. The molecule has 2 heterocycles. The highest BCUT2D eigenvalue weighted by molar-refractivity contribution is 5.21. The molecule has 3 heteroatoms. The SMILES string of the molecule is OCc1ccc(CNC2CCN3CCC2C3)cc1. The molecule has 0 amide bonds. The number of piperidine rings is 1. The number of benzene rings is 1. The smallest absolute Gasteiger partial charge is 0.0681 e. The molecule has 3 atom stereocenters. The third-order valence-electron chi connectivity index (χ3n) is 4.41. The van der Waals surface area contributed by atoms with E-state index in [1.54, 1.807) is 0 Å². The van der Waals surface area contributed by atoms with Crippen LogP contribution in [0.4, 0.5) is 0 Å². The fourth-order valence-corrected chi connectivity index (χ4v) is 3.23. The van der Waals surface area contributed by atoms with Gasteiger partial charge < -0.3 is 15.3 Å². The molecule has 2 N–H and O–H groups in total.